The van der Waals surface area contributed by atoms with Crippen LogP contribution < -0.4 is 11.1 Å². The molecule has 4 nitrogen and oxygen atoms in total. The van der Waals surface area contributed by atoms with E-state index in [0.29, 0.717) is 19.1 Å². The number of nitrogens with two attached hydrogens (primary N) is 1. The van der Waals surface area contributed by atoms with Gasteiger partial charge in [0, 0.05) is 25.2 Å². The zero-order valence-electron chi connectivity index (χ0n) is 8.42. The smallest absolute Gasteiger partial charge is 0.317 e. The van der Waals surface area contributed by atoms with Crippen molar-refractivity contribution in [3.8, 4) is 0 Å². The Balaban J connectivity index is 2.38. The van der Waals surface area contributed by atoms with Crippen LogP contribution >= 0.6 is 0 Å². The van der Waals surface area contributed by atoms with E-state index in [-0.39, 0.29) is 12.1 Å². The summed E-state index contributed by atoms with van der Waals surface area (Å²) in [6, 6.07) is 0.678. The average Bonchev–Trinajstić information content (AvgIpc) is 2.81. The molecule has 3 N–H and O–H groups in total. The maximum Gasteiger partial charge on any atom is 0.317 e. The van der Waals surface area contributed by atoms with Gasteiger partial charge in [-0.2, -0.15) is 0 Å². The van der Waals surface area contributed by atoms with Gasteiger partial charge in [-0.05, 0) is 26.7 Å². The highest BCUT2D eigenvalue weighted by Crippen LogP contribution is 2.26. The largest absolute Gasteiger partial charge is 0.336 e. The fourth-order valence-corrected chi connectivity index (χ4v) is 1.31. The topological polar surface area (TPSA) is 58.4 Å². The Morgan fingerprint density at radius 1 is 1.62 bits per heavy atom. The molecule has 0 unspecified atom stereocenters. The summed E-state index contributed by atoms with van der Waals surface area (Å²) in [7, 11) is 0. The first kappa shape index (κ1) is 10.3. The van der Waals surface area contributed by atoms with Crippen LogP contribution in [-0.2, 0) is 0 Å². The molecule has 0 heterocycles. The third-order valence-electron chi connectivity index (χ3n) is 2.03. The summed E-state index contributed by atoms with van der Waals surface area (Å²) in [5.74, 6) is 0. The fourth-order valence-electron chi connectivity index (χ4n) is 1.31. The van der Waals surface area contributed by atoms with Gasteiger partial charge in [-0.15, -0.1) is 0 Å². The van der Waals surface area contributed by atoms with Gasteiger partial charge in [0.15, 0.2) is 0 Å². The second-order valence-corrected chi connectivity index (χ2v) is 3.82. The maximum atomic E-state index is 11.6. The Hall–Kier alpha value is -0.770. The summed E-state index contributed by atoms with van der Waals surface area (Å²) in [6.45, 7) is 5.14. The van der Waals surface area contributed by atoms with Crippen LogP contribution in [0.4, 0.5) is 4.79 Å². The Bertz CT molecular complexity index is 178. The summed E-state index contributed by atoms with van der Waals surface area (Å²) in [5, 5.41) is 2.88. The van der Waals surface area contributed by atoms with E-state index in [1.807, 2.05) is 18.7 Å². The molecule has 0 radical (unpaired) electrons. The van der Waals surface area contributed by atoms with E-state index < -0.39 is 0 Å². The summed E-state index contributed by atoms with van der Waals surface area (Å²) in [5.41, 5.74) is 5.44. The third-order valence-corrected chi connectivity index (χ3v) is 2.03. The van der Waals surface area contributed by atoms with Gasteiger partial charge >= 0.3 is 6.03 Å². The Morgan fingerprint density at radius 3 is 2.62 bits per heavy atom. The van der Waals surface area contributed by atoms with Gasteiger partial charge in [0.1, 0.15) is 0 Å². The van der Waals surface area contributed by atoms with E-state index in [9.17, 15) is 4.79 Å². The third kappa shape index (κ3) is 3.22. The minimum Gasteiger partial charge on any atom is -0.336 e. The molecule has 0 aliphatic heterocycles. The van der Waals surface area contributed by atoms with Crippen LogP contribution in [0.25, 0.3) is 0 Å². The van der Waals surface area contributed by atoms with Gasteiger partial charge in [-0.1, -0.05) is 0 Å². The molecule has 13 heavy (non-hydrogen) atoms. The molecule has 1 aliphatic rings. The summed E-state index contributed by atoms with van der Waals surface area (Å²) in [4.78, 5) is 13.4. The lowest BCUT2D eigenvalue weighted by atomic mass is 10.4. The molecule has 0 aromatic rings. The number of hydrogen-bond acceptors (Lipinski definition) is 2. The van der Waals surface area contributed by atoms with Gasteiger partial charge in [0.05, 0.1) is 0 Å². The van der Waals surface area contributed by atoms with E-state index in [0.717, 1.165) is 12.8 Å². The number of hydrogen-bond donors (Lipinski definition) is 2. The Morgan fingerprint density at radius 2 is 2.23 bits per heavy atom. The molecule has 2 amide bonds. The van der Waals surface area contributed by atoms with Crippen molar-refractivity contribution in [2.75, 3.05) is 13.1 Å². The van der Waals surface area contributed by atoms with E-state index in [4.69, 9.17) is 5.73 Å². The van der Waals surface area contributed by atoms with Gasteiger partial charge in [0.2, 0.25) is 0 Å². The summed E-state index contributed by atoms with van der Waals surface area (Å²) >= 11 is 0. The lowest BCUT2D eigenvalue weighted by Gasteiger charge is -2.23. The van der Waals surface area contributed by atoms with E-state index in [2.05, 4.69) is 5.32 Å². The molecule has 1 rings (SSSR count). The minimum atomic E-state index is 0.0305. The SMILES string of the molecule is CC(C)NC(=O)N(CCN)C1CC1. The van der Waals surface area contributed by atoms with Crippen LogP contribution in [0.1, 0.15) is 26.7 Å². The van der Waals surface area contributed by atoms with Crippen LogP contribution in [0.3, 0.4) is 0 Å². The molecule has 1 saturated carbocycles. The van der Waals surface area contributed by atoms with Gasteiger partial charge in [-0.25, -0.2) is 4.79 Å². The lowest BCUT2D eigenvalue weighted by Crippen LogP contribution is -2.46. The molecule has 0 saturated heterocycles. The molecule has 1 fully saturated rings. The van der Waals surface area contributed by atoms with Crippen LogP contribution in [0.2, 0.25) is 0 Å². The molecule has 0 aromatic heterocycles. The molecular weight excluding hydrogens is 166 g/mol. The highest BCUT2D eigenvalue weighted by molar-refractivity contribution is 5.75. The fraction of sp³-hybridized carbons (Fsp3) is 0.889. The van der Waals surface area contributed by atoms with E-state index in [1.54, 1.807) is 0 Å². The van der Waals surface area contributed by atoms with Crippen molar-refractivity contribution in [1.29, 1.82) is 0 Å². The van der Waals surface area contributed by atoms with Gasteiger partial charge < -0.3 is 16.0 Å². The van der Waals surface area contributed by atoms with E-state index in [1.165, 1.54) is 0 Å². The zero-order chi connectivity index (χ0) is 9.84. The zero-order valence-corrected chi connectivity index (χ0v) is 8.42. The normalized spacial score (nSPS) is 16.0. The summed E-state index contributed by atoms with van der Waals surface area (Å²) in [6.07, 6.45) is 2.26. The van der Waals surface area contributed by atoms with Crippen LogP contribution in [-0.4, -0.2) is 36.1 Å². The average molecular weight is 185 g/mol. The van der Waals surface area contributed by atoms with Crippen LogP contribution in [0.15, 0.2) is 0 Å². The van der Waals surface area contributed by atoms with Crippen molar-refractivity contribution in [2.45, 2.75) is 38.8 Å². The standard InChI is InChI=1S/C9H19N3O/c1-7(2)11-9(13)12(6-5-10)8-3-4-8/h7-8H,3-6,10H2,1-2H3,(H,11,13). The number of urea groups is 1. The number of nitrogens with one attached hydrogen (secondary N) is 1. The molecule has 0 atom stereocenters. The van der Waals surface area contributed by atoms with E-state index >= 15 is 0 Å². The monoisotopic (exact) mass is 185 g/mol. The van der Waals surface area contributed by atoms with Crippen molar-refractivity contribution in [3.63, 3.8) is 0 Å². The van der Waals surface area contributed by atoms with Crippen molar-refractivity contribution >= 4 is 6.03 Å². The lowest BCUT2D eigenvalue weighted by molar-refractivity contribution is 0.194. The molecule has 0 spiro atoms. The van der Waals surface area contributed by atoms with Crippen molar-refractivity contribution in [2.24, 2.45) is 5.73 Å². The second-order valence-electron chi connectivity index (χ2n) is 3.82. The number of amides is 2. The molecular formula is C9H19N3O. The first-order chi connectivity index (χ1) is 6.15. The number of carbonyl (C=O) groups is 1. The molecule has 1 aliphatic carbocycles. The Labute approximate surface area is 79.5 Å². The molecule has 0 aromatic carbocycles. The van der Waals surface area contributed by atoms with Gasteiger partial charge in [-0.3, -0.25) is 0 Å². The molecule has 4 heteroatoms. The second kappa shape index (κ2) is 4.46. The number of carbonyl (C=O) groups excluding carboxylic acids is 1. The predicted molar refractivity (Wildman–Crippen MR) is 52.5 cm³/mol. The summed E-state index contributed by atoms with van der Waals surface area (Å²) < 4.78 is 0. The van der Waals surface area contributed by atoms with Crippen LogP contribution in [0.5, 0.6) is 0 Å². The maximum absolute atomic E-state index is 11.6. The molecule has 76 valence electrons. The van der Waals surface area contributed by atoms with Gasteiger partial charge in [0.25, 0.3) is 0 Å². The molecule has 0 bridgehead atoms. The first-order valence-electron chi connectivity index (χ1n) is 4.92. The quantitative estimate of drug-likeness (QED) is 0.671. The van der Waals surface area contributed by atoms with Crippen molar-refractivity contribution in [1.82, 2.24) is 10.2 Å². The van der Waals surface area contributed by atoms with Crippen molar-refractivity contribution < 1.29 is 4.79 Å². The predicted octanol–water partition coefficient (Wildman–Crippen LogP) is 0.527. The number of rotatable bonds is 4. The van der Waals surface area contributed by atoms with Crippen LogP contribution in [0, 0.1) is 0 Å². The highest BCUT2D eigenvalue weighted by Gasteiger charge is 2.31. The van der Waals surface area contributed by atoms with Crippen molar-refractivity contribution in [3.05, 3.63) is 0 Å². The Kier molecular flexibility index (Phi) is 3.54. The first-order valence-corrected chi connectivity index (χ1v) is 4.92. The number of nitrogens with zero attached hydrogens (tertiary/aromatic N) is 1. The minimum absolute atomic E-state index is 0.0305. The highest BCUT2D eigenvalue weighted by atomic mass is 16.2.